The van der Waals surface area contributed by atoms with E-state index in [9.17, 15) is 9.18 Å². The van der Waals surface area contributed by atoms with Crippen LogP contribution in [0, 0.1) is 5.82 Å². The van der Waals surface area contributed by atoms with E-state index >= 15 is 0 Å². The highest BCUT2D eigenvalue weighted by Crippen LogP contribution is 2.42. The minimum absolute atomic E-state index is 0. The van der Waals surface area contributed by atoms with Crippen LogP contribution in [0.3, 0.4) is 0 Å². The van der Waals surface area contributed by atoms with Crippen molar-refractivity contribution in [1.82, 2.24) is 10.2 Å². The van der Waals surface area contributed by atoms with E-state index in [2.05, 4.69) is 103 Å². The molecule has 0 spiro atoms. The van der Waals surface area contributed by atoms with Crippen molar-refractivity contribution in [2.45, 2.75) is 76.3 Å². The minimum atomic E-state index is -0.255. The van der Waals surface area contributed by atoms with Crippen molar-refractivity contribution in [3.05, 3.63) is 137 Å². The zero-order valence-corrected chi connectivity index (χ0v) is 28.2. The predicted octanol–water partition coefficient (Wildman–Crippen LogP) is 8.86. The Kier molecular flexibility index (Phi) is 12.8. The van der Waals surface area contributed by atoms with Crippen molar-refractivity contribution in [1.29, 1.82) is 0 Å². The number of benzene rings is 4. The highest BCUT2D eigenvalue weighted by molar-refractivity contribution is 5.85. The fraction of sp³-hybridized carbons (Fsp3) is 0.375. The SMILES string of the molecule is COc1ccc2c(c1)C(C)N(CCCC(CCCNC(=O)CCc1ccc(F)cc1)(c1ccccc1)c1ccccc1)C(C)C2.Cl. The molecule has 0 saturated carbocycles. The third-order valence-electron chi connectivity index (χ3n) is 9.71. The maximum absolute atomic E-state index is 13.2. The molecule has 6 heteroatoms. The van der Waals surface area contributed by atoms with Crippen molar-refractivity contribution in [3.8, 4) is 5.75 Å². The highest BCUT2D eigenvalue weighted by Gasteiger charge is 2.35. The Morgan fingerprint density at radius 3 is 2.15 bits per heavy atom. The first kappa shape index (κ1) is 35.2. The van der Waals surface area contributed by atoms with Crippen LogP contribution in [0.5, 0.6) is 5.75 Å². The number of methoxy groups -OCH3 is 1. The Labute approximate surface area is 280 Å². The van der Waals surface area contributed by atoms with Gasteiger partial charge in [0.05, 0.1) is 7.11 Å². The van der Waals surface area contributed by atoms with Gasteiger partial charge in [0.15, 0.2) is 0 Å². The van der Waals surface area contributed by atoms with E-state index in [0.717, 1.165) is 50.0 Å². The molecule has 4 aromatic carbocycles. The summed E-state index contributed by atoms with van der Waals surface area (Å²) in [4.78, 5) is 15.3. The zero-order chi connectivity index (χ0) is 31.6. The van der Waals surface area contributed by atoms with Gasteiger partial charge in [0.2, 0.25) is 5.91 Å². The number of fused-ring (bicyclic) bond motifs is 1. The van der Waals surface area contributed by atoms with E-state index in [-0.39, 0.29) is 29.5 Å². The molecule has 0 radical (unpaired) electrons. The molecular weight excluding hydrogens is 595 g/mol. The monoisotopic (exact) mass is 642 g/mol. The van der Waals surface area contributed by atoms with E-state index in [1.54, 1.807) is 19.2 Å². The smallest absolute Gasteiger partial charge is 0.220 e. The summed E-state index contributed by atoms with van der Waals surface area (Å²) in [6.45, 7) is 6.32. The molecule has 4 nitrogen and oxygen atoms in total. The number of amides is 1. The molecule has 1 aliphatic heterocycles. The van der Waals surface area contributed by atoms with Gasteiger partial charge in [-0.3, -0.25) is 9.69 Å². The van der Waals surface area contributed by atoms with Gasteiger partial charge in [0, 0.05) is 30.5 Å². The average Bonchev–Trinajstić information content (AvgIpc) is 3.07. The molecule has 2 atom stereocenters. The number of nitrogens with one attached hydrogen (secondary N) is 1. The van der Waals surface area contributed by atoms with Crippen LogP contribution in [0.25, 0.3) is 0 Å². The lowest BCUT2D eigenvalue weighted by molar-refractivity contribution is -0.121. The van der Waals surface area contributed by atoms with Crippen LogP contribution in [0.15, 0.2) is 103 Å². The van der Waals surface area contributed by atoms with Crippen LogP contribution >= 0.6 is 12.4 Å². The zero-order valence-electron chi connectivity index (χ0n) is 27.4. The Bertz CT molecular complexity index is 1470. The van der Waals surface area contributed by atoms with Gasteiger partial charge in [-0.2, -0.15) is 0 Å². The largest absolute Gasteiger partial charge is 0.497 e. The molecule has 2 unspecified atom stereocenters. The molecule has 0 fully saturated rings. The van der Waals surface area contributed by atoms with Crippen molar-refractivity contribution < 1.29 is 13.9 Å². The maximum Gasteiger partial charge on any atom is 0.220 e. The summed E-state index contributed by atoms with van der Waals surface area (Å²) in [7, 11) is 1.74. The maximum atomic E-state index is 13.2. The summed E-state index contributed by atoms with van der Waals surface area (Å²) in [5.74, 6) is 0.702. The van der Waals surface area contributed by atoms with Crippen LogP contribution in [0.2, 0.25) is 0 Å². The van der Waals surface area contributed by atoms with E-state index < -0.39 is 0 Å². The quantitative estimate of drug-likeness (QED) is 0.140. The van der Waals surface area contributed by atoms with Crippen molar-refractivity contribution in [3.63, 3.8) is 0 Å². The lowest BCUT2D eigenvalue weighted by atomic mass is 9.68. The fourth-order valence-electron chi connectivity index (χ4n) is 7.25. The highest BCUT2D eigenvalue weighted by atomic mass is 35.5. The van der Waals surface area contributed by atoms with Gasteiger partial charge in [0.1, 0.15) is 11.6 Å². The Morgan fingerprint density at radius 2 is 1.52 bits per heavy atom. The number of carbonyl (C=O) groups is 1. The third-order valence-corrected chi connectivity index (χ3v) is 9.71. The fourth-order valence-corrected chi connectivity index (χ4v) is 7.25. The molecule has 1 heterocycles. The molecule has 1 amide bonds. The summed E-state index contributed by atoms with van der Waals surface area (Å²) in [6.07, 6.45) is 5.93. The number of hydrogen-bond donors (Lipinski definition) is 1. The number of rotatable bonds is 14. The van der Waals surface area contributed by atoms with E-state index in [0.29, 0.717) is 31.5 Å². The summed E-state index contributed by atoms with van der Waals surface area (Å²) in [5.41, 5.74) is 6.26. The van der Waals surface area contributed by atoms with Gasteiger partial charge in [-0.25, -0.2) is 4.39 Å². The lowest BCUT2D eigenvalue weighted by Gasteiger charge is -2.42. The first-order chi connectivity index (χ1) is 21.9. The van der Waals surface area contributed by atoms with E-state index in [4.69, 9.17) is 4.74 Å². The number of aryl methyl sites for hydroxylation is 1. The summed E-state index contributed by atoms with van der Waals surface area (Å²) < 4.78 is 18.8. The average molecular weight is 643 g/mol. The number of carbonyl (C=O) groups excluding carboxylic acids is 1. The van der Waals surface area contributed by atoms with Gasteiger partial charge in [0.25, 0.3) is 0 Å². The normalized spacial score (nSPS) is 16.3. The summed E-state index contributed by atoms with van der Waals surface area (Å²) >= 11 is 0. The molecule has 0 saturated heterocycles. The number of nitrogens with zero attached hydrogens (tertiary/aromatic N) is 1. The van der Waals surface area contributed by atoms with Gasteiger partial charge in [-0.15, -0.1) is 12.4 Å². The Balaban J connectivity index is 0.00000480. The van der Waals surface area contributed by atoms with Crippen LogP contribution < -0.4 is 10.1 Å². The van der Waals surface area contributed by atoms with Crippen LogP contribution in [0.1, 0.15) is 79.8 Å². The molecular formula is C40H48ClFN2O2. The van der Waals surface area contributed by atoms with Crippen LogP contribution in [-0.2, 0) is 23.1 Å². The van der Waals surface area contributed by atoms with E-state index in [1.165, 1.54) is 34.4 Å². The number of halogens is 2. The second-order valence-electron chi connectivity index (χ2n) is 12.5. The lowest BCUT2D eigenvalue weighted by Crippen LogP contribution is -2.42. The van der Waals surface area contributed by atoms with Crippen molar-refractivity contribution >= 4 is 18.3 Å². The molecule has 4 aromatic rings. The van der Waals surface area contributed by atoms with Crippen molar-refractivity contribution in [2.75, 3.05) is 20.2 Å². The van der Waals surface area contributed by atoms with Gasteiger partial charge < -0.3 is 10.1 Å². The van der Waals surface area contributed by atoms with Crippen LogP contribution in [0.4, 0.5) is 4.39 Å². The van der Waals surface area contributed by atoms with Gasteiger partial charge >= 0.3 is 0 Å². The topological polar surface area (TPSA) is 41.6 Å². The second kappa shape index (κ2) is 16.8. The van der Waals surface area contributed by atoms with Gasteiger partial charge in [-0.05, 0) is 111 Å². The summed E-state index contributed by atoms with van der Waals surface area (Å²) in [5, 5.41) is 3.15. The predicted molar refractivity (Wildman–Crippen MR) is 188 cm³/mol. The van der Waals surface area contributed by atoms with Gasteiger partial charge in [-0.1, -0.05) is 78.9 Å². The standard InChI is InChI=1S/C40H47FN2O2.ClH/c1-30-28-33-19-22-37(45-3)29-38(33)31(2)43(30)27-11-25-40(34-12-6-4-7-13-34,35-14-8-5-9-15-35)24-10-26-42-39(44)23-18-32-16-20-36(41)21-17-32;/h4-9,12-17,19-22,29-31H,10-11,18,23-28H2,1-3H3,(H,42,44);1H. The molecule has 1 aliphatic rings. The summed E-state index contributed by atoms with van der Waals surface area (Å²) in [6, 6.07) is 35.5. The molecule has 0 aromatic heterocycles. The molecule has 0 bridgehead atoms. The first-order valence-corrected chi connectivity index (χ1v) is 16.4. The van der Waals surface area contributed by atoms with Crippen molar-refractivity contribution in [2.24, 2.45) is 0 Å². The Hall–Kier alpha value is -3.67. The van der Waals surface area contributed by atoms with Crippen LogP contribution in [-0.4, -0.2) is 37.0 Å². The number of ether oxygens (including phenoxy) is 1. The first-order valence-electron chi connectivity index (χ1n) is 16.4. The third kappa shape index (κ3) is 8.57. The molecule has 244 valence electrons. The molecule has 46 heavy (non-hydrogen) atoms. The molecule has 5 rings (SSSR count). The minimum Gasteiger partial charge on any atom is -0.497 e. The molecule has 1 N–H and O–H groups in total. The number of hydrogen-bond acceptors (Lipinski definition) is 3. The second-order valence-corrected chi connectivity index (χ2v) is 12.5. The molecule has 0 aliphatic carbocycles. The Morgan fingerprint density at radius 1 is 0.891 bits per heavy atom. The van der Waals surface area contributed by atoms with E-state index in [1.807, 2.05) is 0 Å².